The van der Waals surface area contributed by atoms with Gasteiger partial charge in [-0.3, -0.25) is 4.79 Å². The fourth-order valence-electron chi connectivity index (χ4n) is 1.78. The Morgan fingerprint density at radius 3 is 2.79 bits per heavy atom. The molecular weight excluding hydrogens is 238 g/mol. The summed E-state index contributed by atoms with van der Waals surface area (Å²) in [5.41, 5.74) is 1.46. The highest BCUT2D eigenvalue weighted by Crippen LogP contribution is 2.09. The lowest BCUT2D eigenvalue weighted by atomic mass is 10.3. The Balaban J connectivity index is 2.22. The molecule has 0 radical (unpaired) electrons. The van der Waals surface area contributed by atoms with Crippen LogP contribution >= 0.6 is 0 Å². The lowest BCUT2D eigenvalue weighted by Crippen LogP contribution is -2.30. The first kappa shape index (κ1) is 12.9. The fourth-order valence-corrected chi connectivity index (χ4v) is 1.78. The highest BCUT2D eigenvalue weighted by molar-refractivity contribution is 5.94. The number of hydrogen-bond acceptors (Lipinski definition) is 2. The van der Waals surface area contributed by atoms with Crippen molar-refractivity contribution < 1.29 is 4.79 Å². The van der Waals surface area contributed by atoms with E-state index in [1.807, 2.05) is 37.3 Å². The van der Waals surface area contributed by atoms with Crippen LogP contribution in [0.5, 0.6) is 0 Å². The second-order valence-electron chi connectivity index (χ2n) is 4.03. The molecule has 0 spiro atoms. The van der Waals surface area contributed by atoms with Gasteiger partial charge in [0.2, 0.25) is 0 Å². The number of nitrogens with zero attached hydrogens (tertiary/aromatic N) is 3. The minimum atomic E-state index is -0.0948. The SMILES string of the molecule is C#CCN(CC)C(=O)c1cnn(-c2ccccc2)c1. The first-order chi connectivity index (χ1) is 9.26. The van der Waals surface area contributed by atoms with Crippen molar-refractivity contribution in [2.45, 2.75) is 6.92 Å². The van der Waals surface area contributed by atoms with E-state index in [0.29, 0.717) is 18.7 Å². The van der Waals surface area contributed by atoms with E-state index >= 15 is 0 Å². The van der Waals surface area contributed by atoms with Gasteiger partial charge in [0.05, 0.1) is 24.0 Å². The monoisotopic (exact) mass is 253 g/mol. The second kappa shape index (κ2) is 5.87. The van der Waals surface area contributed by atoms with Gasteiger partial charge in [-0.15, -0.1) is 6.42 Å². The first-order valence-electron chi connectivity index (χ1n) is 6.09. The summed E-state index contributed by atoms with van der Waals surface area (Å²) in [5, 5.41) is 4.20. The smallest absolute Gasteiger partial charge is 0.257 e. The zero-order chi connectivity index (χ0) is 13.7. The van der Waals surface area contributed by atoms with E-state index in [0.717, 1.165) is 5.69 Å². The minimum absolute atomic E-state index is 0.0948. The van der Waals surface area contributed by atoms with Crippen LogP contribution < -0.4 is 0 Å². The molecule has 1 aromatic heterocycles. The molecule has 2 rings (SSSR count). The fraction of sp³-hybridized carbons (Fsp3) is 0.200. The molecule has 4 nitrogen and oxygen atoms in total. The maximum absolute atomic E-state index is 12.2. The van der Waals surface area contributed by atoms with Crippen molar-refractivity contribution in [2.75, 3.05) is 13.1 Å². The predicted octanol–water partition coefficient (Wildman–Crippen LogP) is 1.97. The molecule has 0 saturated carbocycles. The molecule has 96 valence electrons. The number of hydrogen-bond donors (Lipinski definition) is 0. The molecule has 2 aromatic rings. The van der Waals surface area contributed by atoms with Crippen LogP contribution in [0.4, 0.5) is 0 Å². The average molecular weight is 253 g/mol. The Hall–Kier alpha value is -2.54. The van der Waals surface area contributed by atoms with Crippen molar-refractivity contribution in [1.82, 2.24) is 14.7 Å². The Morgan fingerprint density at radius 1 is 1.42 bits per heavy atom. The number of rotatable bonds is 4. The maximum atomic E-state index is 12.2. The highest BCUT2D eigenvalue weighted by Gasteiger charge is 2.15. The van der Waals surface area contributed by atoms with Gasteiger partial charge in [-0.05, 0) is 19.1 Å². The number of terminal acetylenes is 1. The summed E-state index contributed by atoms with van der Waals surface area (Å²) in [7, 11) is 0. The largest absolute Gasteiger partial charge is 0.328 e. The number of carbonyl (C=O) groups is 1. The molecule has 0 aliphatic rings. The maximum Gasteiger partial charge on any atom is 0.257 e. The Labute approximate surface area is 112 Å². The lowest BCUT2D eigenvalue weighted by molar-refractivity contribution is 0.0785. The van der Waals surface area contributed by atoms with Crippen molar-refractivity contribution in [3.8, 4) is 18.0 Å². The van der Waals surface area contributed by atoms with Gasteiger partial charge in [-0.2, -0.15) is 5.10 Å². The van der Waals surface area contributed by atoms with Gasteiger partial charge in [-0.1, -0.05) is 24.1 Å². The van der Waals surface area contributed by atoms with Crippen LogP contribution in [0.15, 0.2) is 42.7 Å². The molecule has 4 heteroatoms. The van der Waals surface area contributed by atoms with Crippen molar-refractivity contribution in [3.63, 3.8) is 0 Å². The molecule has 0 aliphatic carbocycles. The van der Waals surface area contributed by atoms with Gasteiger partial charge in [0.1, 0.15) is 0 Å². The topological polar surface area (TPSA) is 38.1 Å². The zero-order valence-electron chi connectivity index (χ0n) is 10.8. The van der Waals surface area contributed by atoms with E-state index in [2.05, 4.69) is 11.0 Å². The minimum Gasteiger partial charge on any atom is -0.328 e. The summed E-state index contributed by atoms with van der Waals surface area (Å²) < 4.78 is 1.68. The van der Waals surface area contributed by atoms with Crippen LogP contribution in [0, 0.1) is 12.3 Å². The number of carbonyl (C=O) groups excluding carboxylic acids is 1. The van der Waals surface area contributed by atoms with Gasteiger partial charge in [-0.25, -0.2) is 4.68 Å². The summed E-state index contributed by atoms with van der Waals surface area (Å²) in [6, 6.07) is 9.65. The first-order valence-corrected chi connectivity index (χ1v) is 6.09. The average Bonchev–Trinajstić information content (AvgIpc) is 2.95. The third-order valence-electron chi connectivity index (χ3n) is 2.80. The van der Waals surface area contributed by atoms with Gasteiger partial charge in [0.25, 0.3) is 5.91 Å². The van der Waals surface area contributed by atoms with E-state index in [1.165, 1.54) is 0 Å². The van der Waals surface area contributed by atoms with E-state index < -0.39 is 0 Å². The third kappa shape index (κ3) is 2.83. The standard InChI is InChI=1S/C15H15N3O/c1-3-10-17(4-2)15(19)13-11-16-18(12-13)14-8-6-5-7-9-14/h1,5-9,11-12H,4,10H2,2H3. The molecule has 0 atom stereocenters. The van der Waals surface area contributed by atoms with Gasteiger partial charge >= 0.3 is 0 Å². The summed E-state index contributed by atoms with van der Waals surface area (Å²) in [6.07, 6.45) is 8.54. The van der Waals surface area contributed by atoms with Crippen LogP contribution in [0.1, 0.15) is 17.3 Å². The van der Waals surface area contributed by atoms with Gasteiger partial charge in [0.15, 0.2) is 0 Å². The van der Waals surface area contributed by atoms with Crippen LogP contribution in [0.2, 0.25) is 0 Å². The number of amides is 1. The normalized spacial score (nSPS) is 9.89. The highest BCUT2D eigenvalue weighted by atomic mass is 16.2. The van der Waals surface area contributed by atoms with Crippen molar-refractivity contribution in [2.24, 2.45) is 0 Å². The molecule has 0 unspecified atom stereocenters. The number of aromatic nitrogens is 2. The van der Waals surface area contributed by atoms with Crippen LogP contribution in [0.25, 0.3) is 5.69 Å². The van der Waals surface area contributed by atoms with Gasteiger partial charge in [0, 0.05) is 12.7 Å². The molecule has 0 bridgehead atoms. The van der Waals surface area contributed by atoms with Crippen molar-refractivity contribution in [3.05, 3.63) is 48.3 Å². The Kier molecular flexibility index (Phi) is 3.99. The quantitative estimate of drug-likeness (QED) is 0.781. The second-order valence-corrected chi connectivity index (χ2v) is 4.03. The molecule has 1 amide bonds. The number of para-hydroxylation sites is 1. The molecule has 0 aliphatic heterocycles. The summed E-state index contributed by atoms with van der Waals surface area (Å²) in [6.45, 7) is 2.79. The molecule has 1 aromatic carbocycles. The zero-order valence-corrected chi connectivity index (χ0v) is 10.8. The molecule has 0 N–H and O–H groups in total. The van der Waals surface area contributed by atoms with E-state index in [-0.39, 0.29) is 5.91 Å². The van der Waals surface area contributed by atoms with E-state index in [1.54, 1.807) is 22.0 Å². The van der Waals surface area contributed by atoms with Crippen LogP contribution in [0.3, 0.4) is 0 Å². The lowest BCUT2D eigenvalue weighted by Gasteiger charge is -2.16. The summed E-state index contributed by atoms with van der Waals surface area (Å²) in [5.74, 6) is 2.39. The molecular formula is C15H15N3O. The third-order valence-corrected chi connectivity index (χ3v) is 2.80. The number of benzene rings is 1. The summed E-state index contributed by atoms with van der Waals surface area (Å²) in [4.78, 5) is 13.8. The van der Waals surface area contributed by atoms with Gasteiger partial charge < -0.3 is 4.90 Å². The molecule has 19 heavy (non-hydrogen) atoms. The van der Waals surface area contributed by atoms with Crippen molar-refractivity contribution >= 4 is 5.91 Å². The van der Waals surface area contributed by atoms with Crippen LogP contribution in [-0.4, -0.2) is 33.7 Å². The Morgan fingerprint density at radius 2 is 2.16 bits per heavy atom. The van der Waals surface area contributed by atoms with E-state index in [9.17, 15) is 4.79 Å². The predicted molar refractivity (Wildman–Crippen MR) is 74.0 cm³/mol. The molecule has 0 fully saturated rings. The molecule has 0 saturated heterocycles. The van der Waals surface area contributed by atoms with E-state index in [4.69, 9.17) is 6.42 Å². The van der Waals surface area contributed by atoms with Crippen molar-refractivity contribution in [1.29, 1.82) is 0 Å². The molecule has 1 heterocycles. The van der Waals surface area contributed by atoms with Crippen LogP contribution in [-0.2, 0) is 0 Å². The summed E-state index contributed by atoms with van der Waals surface area (Å²) >= 11 is 0. The Bertz CT molecular complexity index is 595.